The summed E-state index contributed by atoms with van der Waals surface area (Å²) < 4.78 is 0. The molecule has 0 fully saturated rings. The van der Waals surface area contributed by atoms with Gasteiger partial charge in [0, 0.05) is 24.3 Å². The number of nitrogens with zero attached hydrogens (tertiary/aromatic N) is 1. The van der Waals surface area contributed by atoms with Crippen molar-refractivity contribution >= 4 is 5.69 Å². The minimum atomic E-state index is 0.631. The number of fused-ring (bicyclic) bond motifs is 1. The molecule has 1 aliphatic rings. The van der Waals surface area contributed by atoms with Crippen LogP contribution in [0.1, 0.15) is 32.3 Å². The van der Waals surface area contributed by atoms with Crippen LogP contribution in [0.2, 0.25) is 0 Å². The molecule has 94 valence electrons. The van der Waals surface area contributed by atoms with Gasteiger partial charge in [-0.05, 0) is 38.4 Å². The number of hydrogen-bond donors (Lipinski definition) is 1. The van der Waals surface area contributed by atoms with Crippen molar-refractivity contribution < 1.29 is 0 Å². The Bertz CT molecular complexity index is 362. The van der Waals surface area contributed by atoms with E-state index in [1.54, 1.807) is 0 Å². The Balaban J connectivity index is 2.02. The summed E-state index contributed by atoms with van der Waals surface area (Å²) in [6.07, 6.45) is 3.73. The lowest BCUT2D eigenvalue weighted by molar-refractivity contribution is 0.178. The monoisotopic (exact) mass is 232 g/mol. The topological polar surface area (TPSA) is 15.3 Å². The first kappa shape index (κ1) is 12.4. The first-order valence-corrected chi connectivity index (χ1v) is 6.76. The molecule has 2 atom stereocenters. The molecule has 0 aromatic heterocycles. The average molecular weight is 232 g/mol. The SMILES string of the molecule is CCCC(C)N(C)C1CNc2ccccc2C1. The van der Waals surface area contributed by atoms with Crippen LogP contribution in [-0.2, 0) is 6.42 Å². The molecule has 0 bridgehead atoms. The van der Waals surface area contributed by atoms with Gasteiger partial charge in [-0.15, -0.1) is 0 Å². The Labute approximate surface area is 105 Å². The third kappa shape index (κ3) is 2.81. The van der Waals surface area contributed by atoms with E-state index < -0.39 is 0 Å². The third-order valence-electron chi connectivity index (χ3n) is 3.98. The van der Waals surface area contributed by atoms with Gasteiger partial charge in [0.1, 0.15) is 0 Å². The zero-order valence-corrected chi connectivity index (χ0v) is 11.2. The molecule has 0 radical (unpaired) electrons. The Morgan fingerprint density at radius 3 is 2.94 bits per heavy atom. The minimum Gasteiger partial charge on any atom is -0.383 e. The van der Waals surface area contributed by atoms with E-state index in [0.29, 0.717) is 12.1 Å². The highest BCUT2D eigenvalue weighted by Gasteiger charge is 2.23. The normalized spacial score (nSPS) is 20.8. The molecule has 0 saturated carbocycles. The molecular weight excluding hydrogens is 208 g/mol. The van der Waals surface area contributed by atoms with Crippen LogP contribution in [0.3, 0.4) is 0 Å². The first-order valence-electron chi connectivity index (χ1n) is 6.76. The predicted molar refractivity (Wildman–Crippen MR) is 74.6 cm³/mol. The van der Waals surface area contributed by atoms with Gasteiger partial charge in [0.25, 0.3) is 0 Å². The number of nitrogens with one attached hydrogen (secondary N) is 1. The summed E-state index contributed by atoms with van der Waals surface area (Å²) in [5.41, 5.74) is 2.78. The molecule has 1 aromatic rings. The highest BCUT2D eigenvalue weighted by atomic mass is 15.2. The maximum Gasteiger partial charge on any atom is 0.0373 e. The lowest BCUT2D eigenvalue weighted by Crippen LogP contribution is -2.45. The highest BCUT2D eigenvalue weighted by Crippen LogP contribution is 2.24. The lowest BCUT2D eigenvalue weighted by atomic mass is 9.97. The van der Waals surface area contributed by atoms with Gasteiger partial charge in [0.05, 0.1) is 0 Å². The molecule has 2 heteroatoms. The van der Waals surface area contributed by atoms with Crippen molar-refractivity contribution in [1.29, 1.82) is 0 Å². The molecule has 1 aliphatic heterocycles. The van der Waals surface area contributed by atoms with Crippen molar-refractivity contribution in [2.45, 2.75) is 45.2 Å². The van der Waals surface area contributed by atoms with Crippen LogP contribution >= 0.6 is 0 Å². The van der Waals surface area contributed by atoms with E-state index >= 15 is 0 Å². The van der Waals surface area contributed by atoms with Crippen LogP contribution in [0.5, 0.6) is 0 Å². The number of benzene rings is 1. The second-order valence-corrected chi connectivity index (χ2v) is 5.20. The fraction of sp³-hybridized carbons (Fsp3) is 0.600. The summed E-state index contributed by atoms with van der Waals surface area (Å²) in [4.78, 5) is 2.53. The van der Waals surface area contributed by atoms with Crippen LogP contribution in [0.15, 0.2) is 24.3 Å². The van der Waals surface area contributed by atoms with Gasteiger partial charge < -0.3 is 5.32 Å². The van der Waals surface area contributed by atoms with Crippen molar-refractivity contribution in [3.63, 3.8) is 0 Å². The molecule has 0 saturated heterocycles. The van der Waals surface area contributed by atoms with E-state index in [1.807, 2.05) is 0 Å². The lowest BCUT2D eigenvalue weighted by Gasteiger charge is -2.36. The molecule has 2 unspecified atom stereocenters. The van der Waals surface area contributed by atoms with Crippen molar-refractivity contribution in [2.24, 2.45) is 0 Å². The standard InChI is InChI=1S/C15H24N2/c1-4-7-12(2)17(3)14-10-13-8-5-6-9-15(13)16-11-14/h5-6,8-9,12,14,16H,4,7,10-11H2,1-3H3. The molecule has 2 rings (SSSR count). The summed E-state index contributed by atoms with van der Waals surface area (Å²) in [5.74, 6) is 0. The van der Waals surface area contributed by atoms with Crippen molar-refractivity contribution in [1.82, 2.24) is 4.90 Å². The van der Waals surface area contributed by atoms with Crippen LogP contribution in [0, 0.1) is 0 Å². The van der Waals surface area contributed by atoms with Crippen LogP contribution in [0.25, 0.3) is 0 Å². The molecule has 1 aromatic carbocycles. The zero-order chi connectivity index (χ0) is 12.3. The van der Waals surface area contributed by atoms with Gasteiger partial charge in [0.2, 0.25) is 0 Å². The van der Waals surface area contributed by atoms with E-state index in [0.717, 1.165) is 6.54 Å². The Morgan fingerprint density at radius 1 is 1.41 bits per heavy atom. The van der Waals surface area contributed by atoms with Gasteiger partial charge in [0.15, 0.2) is 0 Å². The van der Waals surface area contributed by atoms with Crippen molar-refractivity contribution in [2.75, 3.05) is 18.9 Å². The minimum absolute atomic E-state index is 0.631. The fourth-order valence-corrected chi connectivity index (χ4v) is 2.69. The molecule has 0 amide bonds. The molecule has 17 heavy (non-hydrogen) atoms. The molecule has 1 heterocycles. The van der Waals surface area contributed by atoms with Gasteiger partial charge >= 0.3 is 0 Å². The zero-order valence-electron chi connectivity index (χ0n) is 11.2. The number of anilines is 1. The maximum atomic E-state index is 3.55. The summed E-state index contributed by atoms with van der Waals surface area (Å²) in [6, 6.07) is 9.98. The fourth-order valence-electron chi connectivity index (χ4n) is 2.69. The molecule has 1 N–H and O–H groups in total. The van der Waals surface area contributed by atoms with Gasteiger partial charge in [-0.1, -0.05) is 31.5 Å². The molecule has 0 spiro atoms. The van der Waals surface area contributed by atoms with E-state index in [-0.39, 0.29) is 0 Å². The van der Waals surface area contributed by atoms with Gasteiger partial charge in [-0.25, -0.2) is 0 Å². The van der Waals surface area contributed by atoms with E-state index in [9.17, 15) is 0 Å². The first-order chi connectivity index (χ1) is 8.22. The summed E-state index contributed by atoms with van der Waals surface area (Å²) >= 11 is 0. The summed E-state index contributed by atoms with van der Waals surface area (Å²) in [6.45, 7) is 5.67. The average Bonchev–Trinajstić information content (AvgIpc) is 2.37. The van der Waals surface area contributed by atoms with E-state index in [2.05, 4.69) is 55.4 Å². The second-order valence-electron chi connectivity index (χ2n) is 5.20. The summed E-state index contributed by atoms with van der Waals surface area (Å²) in [7, 11) is 2.26. The van der Waals surface area contributed by atoms with Gasteiger partial charge in [-0.2, -0.15) is 0 Å². The molecular formula is C15H24N2. The second kappa shape index (κ2) is 5.54. The quantitative estimate of drug-likeness (QED) is 0.858. The number of rotatable bonds is 4. The Hall–Kier alpha value is -1.02. The van der Waals surface area contributed by atoms with Crippen LogP contribution in [-0.4, -0.2) is 30.6 Å². The number of likely N-dealkylation sites (N-methyl/N-ethyl adjacent to an activating group) is 1. The van der Waals surface area contributed by atoms with Crippen LogP contribution in [0.4, 0.5) is 5.69 Å². The molecule has 2 nitrogen and oxygen atoms in total. The predicted octanol–water partition coefficient (Wildman–Crippen LogP) is 3.14. The van der Waals surface area contributed by atoms with E-state index in [1.165, 1.54) is 30.5 Å². The number of para-hydroxylation sites is 1. The highest BCUT2D eigenvalue weighted by molar-refractivity contribution is 5.53. The maximum absolute atomic E-state index is 3.55. The molecule has 0 aliphatic carbocycles. The third-order valence-corrected chi connectivity index (χ3v) is 3.98. The van der Waals surface area contributed by atoms with E-state index in [4.69, 9.17) is 0 Å². The number of hydrogen-bond acceptors (Lipinski definition) is 2. The van der Waals surface area contributed by atoms with Crippen molar-refractivity contribution in [3.8, 4) is 0 Å². The van der Waals surface area contributed by atoms with Crippen molar-refractivity contribution in [3.05, 3.63) is 29.8 Å². The smallest absolute Gasteiger partial charge is 0.0373 e. The Kier molecular flexibility index (Phi) is 4.06. The largest absolute Gasteiger partial charge is 0.383 e. The van der Waals surface area contributed by atoms with Crippen LogP contribution < -0.4 is 5.32 Å². The summed E-state index contributed by atoms with van der Waals surface area (Å²) in [5, 5.41) is 3.55. The van der Waals surface area contributed by atoms with Gasteiger partial charge in [-0.3, -0.25) is 4.90 Å². The Morgan fingerprint density at radius 2 is 2.18 bits per heavy atom.